The third kappa shape index (κ3) is 15.9. The van der Waals surface area contributed by atoms with E-state index in [0.29, 0.717) is 74.1 Å². The summed E-state index contributed by atoms with van der Waals surface area (Å²) in [5.41, 5.74) is 2.99. The van der Waals surface area contributed by atoms with Crippen LogP contribution in [0.15, 0.2) is 76.0 Å². The van der Waals surface area contributed by atoms with E-state index in [2.05, 4.69) is 25.6 Å². The second-order valence-corrected chi connectivity index (χ2v) is 13.5. The Morgan fingerprint density at radius 3 is 2.44 bits per heavy atom. The van der Waals surface area contributed by atoms with Crippen LogP contribution in [0.25, 0.3) is 10.8 Å². The van der Waals surface area contributed by atoms with Crippen molar-refractivity contribution in [3.8, 4) is 0 Å². The number of nitro groups is 1. The van der Waals surface area contributed by atoms with E-state index in [1.54, 1.807) is 24.3 Å². The molecule has 54 heavy (non-hydrogen) atoms. The average Bonchev–Trinajstić information content (AvgIpc) is 3.15. The molecule has 0 bridgehead atoms. The molecule has 0 aliphatic rings. The van der Waals surface area contributed by atoms with Crippen molar-refractivity contribution in [2.24, 2.45) is 15.4 Å². The first-order valence-corrected chi connectivity index (χ1v) is 19.2. The zero-order chi connectivity index (χ0) is 39.2. The average molecular weight is 775 g/mol. The quantitative estimate of drug-likeness (QED) is 0.0186. The van der Waals surface area contributed by atoms with Crippen LogP contribution in [0.4, 0.5) is 22.7 Å². The molecule has 0 saturated carbocycles. The summed E-state index contributed by atoms with van der Waals surface area (Å²) in [4.78, 5) is 40.7. The molecule has 0 radical (unpaired) electrons. The number of aliphatic hydroxyl groups excluding tert-OH is 1. The smallest absolute Gasteiger partial charge is 0.396 e. The van der Waals surface area contributed by atoms with Crippen LogP contribution in [-0.2, 0) is 32.7 Å². The molecule has 3 N–H and O–H groups in total. The van der Waals surface area contributed by atoms with Crippen LogP contribution in [0.1, 0.15) is 46.0 Å². The molecule has 0 heterocycles. The number of nitrogens with zero attached hydrogens (tertiary/aromatic N) is 5. The summed E-state index contributed by atoms with van der Waals surface area (Å²) in [6.45, 7) is 6.08. The van der Waals surface area contributed by atoms with Crippen LogP contribution in [0, 0.1) is 10.1 Å². The number of benzene rings is 3. The fourth-order valence-electron chi connectivity index (χ4n) is 5.15. The Morgan fingerprint density at radius 1 is 0.981 bits per heavy atom. The number of hydrogen-bond donors (Lipinski definition) is 3. The van der Waals surface area contributed by atoms with Crippen molar-refractivity contribution in [1.29, 1.82) is 0 Å². The van der Waals surface area contributed by atoms with Crippen LogP contribution >= 0.6 is 7.82 Å². The summed E-state index contributed by atoms with van der Waals surface area (Å²) in [7, 11) is -2.88. The van der Waals surface area contributed by atoms with Gasteiger partial charge in [-0.1, -0.05) is 23.4 Å². The summed E-state index contributed by atoms with van der Waals surface area (Å²) in [5.74, 6) is -0.0866. The van der Waals surface area contributed by atoms with Gasteiger partial charge >= 0.3 is 7.82 Å². The van der Waals surface area contributed by atoms with E-state index in [4.69, 9.17) is 28.5 Å². The van der Waals surface area contributed by atoms with Gasteiger partial charge in [0, 0.05) is 57.0 Å². The highest BCUT2D eigenvalue weighted by Gasteiger charge is 2.26. The zero-order valence-corrected chi connectivity index (χ0v) is 31.9. The highest BCUT2D eigenvalue weighted by Crippen LogP contribution is 2.44. The lowest BCUT2D eigenvalue weighted by Crippen LogP contribution is -2.27. The molecule has 3 rings (SSSR count). The molecule has 3 aromatic rings. The molecule has 0 fully saturated rings. The van der Waals surface area contributed by atoms with Crippen molar-refractivity contribution < 1.29 is 47.6 Å². The highest BCUT2D eigenvalue weighted by atomic mass is 31.2. The molecule has 0 aliphatic carbocycles. The SMILES string of the molecule is CCN(CCO/N=C(/C)CCCC(=O)NCCCOCC(COC)OP(=O)(O)OCCCO)c1ccc(N=Nc2ccc([N+](=O)[O-])c3ccccc23)cc1. The molecular weight excluding hydrogens is 723 g/mol. The molecule has 3 aromatic carbocycles. The second kappa shape index (κ2) is 24.1. The Hall–Kier alpha value is -4.35. The van der Waals surface area contributed by atoms with Crippen LogP contribution in [0.2, 0.25) is 0 Å². The van der Waals surface area contributed by atoms with Gasteiger partial charge in [0.1, 0.15) is 12.7 Å². The molecule has 2 atom stereocenters. The maximum Gasteiger partial charge on any atom is 0.472 e. The Bertz CT molecular complexity index is 1710. The standard InChI is InChI=1S/C36H51N6O11P/c1-4-41(30-16-14-29(15-17-30)38-39-34-18-19-35(42(45)46)33-12-6-5-11-32(33)34)21-25-51-40-28(2)10-7-13-36(44)37-20-8-23-50-27-31(26-49-3)53-54(47,48)52-24-9-22-43/h5-6,11-12,14-19,31,43H,4,7-10,13,20-27H2,1-3H3,(H,37,44)(H,47,48)/b39-38?,40-28-. The van der Waals surface area contributed by atoms with Gasteiger partial charge in [-0.3, -0.25) is 24.0 Å². The molecule has 1 amide bonds. The van der Waals surface area contributed by atoms with E-state index in [0.717, 1.165) is 17.9 Å². The van der Waals surface area contributed by atoms with E-state index in [-0.39, 0.29) is 44.4 Å². The Kier molecular flexibility index (Phi) is 19.7. The van der Waals surface area contributed by atoms with E-state index in [1.165, 1.54) is 13.2 Å². The van der Waals surface area contributed by atoms with Gasteiger partial charge in [-0.2, -0.15) is 5.11 Å². The molecule has 18 heteroatoms. The number of nitrogens with one attached hydrogen (secondary N) is 1. The number of carbonyl (C=O) groups excluding carboxylic acids is 1. The summed E-state index contributed by atoms with van der Waals surface area (Å²) < 4.78 is 32.4. The molecule has 2 unspecified atom stereocenters. The third-order valence-electron chi connectivity index (χ3n) is 7.84. The topological polar surface area (TPSA) is 216 Å². The normalized spacial score (nSPS) is 13.5. The minimum atomic E-state index is -4.31. The van der Waals surface area contributed by atoms with E-state index >= 15 is 0 Å². The Morgan fingerprint density at radius 2 is 1.74 bits per heavy atom. The minimum absolute atomic E-state index is 0.000760. The number of ether oxygens (including phenoxy) is 2. The number of likely N-dealkylation sites (N-methyl/N-ethyl adjacent to an activating group) is 1. The first-order valence-electron chi connectivity index (χ1n) is 17.7. The number of phosphoric acid groups is 1. The lowest BCUT2D eigenvalue weighted by atomic mass is 10.1. The lowest BCUT2D eigenvalue weighted by molar-refractivity contribution is -0.383. The molecule has 0 aromatic heterocycles. The minimum Gasteiger partial charge on any atom is -0.396 e. The fraction of sp³-hybridized carbons (Fsp3) is 0.500. The number of anilines is 1. The number of nitro benzene ring substituents is 1. The van der Waals surface area contributed by atoms with Gasteiger partial charge in [-0.25, -0.2) is 4.57 Å². The molecular formula is C36H51N6O11P. The number of azo groups is 1. The van der Waals surface area contributed by atoms with E-state index in [1.807, 2.05) is 44.2 Å². The monoisotopic (exact) mass is 774 g/mol. The van der Waals surface area contributed by atoms with Crippen molar-refractivity contribution in [3.05, 3.63) is 70.8 Å². The molecule has 296 valence electrons. The largest absolute Gasteiger partial charge is 0.472 e. The summed E-state index contributed by atoms with van der Waals surface area (Å²) in [5, 5.41) is 37.1. The molecule has 0 aliphatic heterocycles. The van der Waals surface area contributed by atoms with Gasteiger partial charge in [0.15, 0.2) is 0 Å². The number of methoxy groups -OCH3 is 1. The number of oxime groups is 1. The number of fused-ring (bicyclic) bond motifs is 1. The van der Waals surface area contributed by atoms with Gasteiger partial charge in [-0.05, 0) is 75.9 Å². The van der Waals surface area contributed by atoms with Gasteiger partial charge in [0.2, 0.25) is 5.91 Å². The predicted molar refractivity (Wildman–Crippen MR) is 205 cm³/mol. The van der Waals surface area contributed by atoms with E-state index in [9.17, 15) is 24.4 Å². The Labute approximate surface area is 315 Å². The number of carbonyl (C=O) groups is 1. The molecule has 0 spiro atoms. The first kappa shape index (κ1) is 44.0. The van der Waals surface area contributed by atoms with Crippen LogP contribution < -0.4 is 10.2 Å². The number of hydrogen-bond acceptors (Lipinski definition) is 14. The maximum absolute atomic E-state index is 12.2. The predicted octanol–water partition coefficient (Wildman–Crippen LogP) is 6.61. The molecule has 0 saturated heterocycles. The van der Waals surface area contributed by atoms with Crippen molar-refractivity contribution in [2.45, 2.75) is 52.1 Å². The number of non-ortho nitro benzene ring substituents is 1. The van der Waals surface area contributed by atoms with Crippen molar-refractivity contribution in [3.63, 3.8) is 0 Å². The van der Waals surface area contributed by atoms with Gasteiger partial charge in [0.25, 0.3) is 5.69 Å². The number of rotatable bonds is 27. The van der Waals surface area contributed by atoms with Crippen LogP contribution in [0.5, 0.6) is 0 Å². The summed E-state index contributed by atoms with van der Waals surface area (Å²) >= 11 is 0. The zero-order valence-electron chi connectivity index (χ0n) is 31.0. The number of aliphatic hydroxyl groups is 1. The Balaban J connectivity index is 1.31. The number of amides is 1. The molecule has 17 nitrogen and oxygen atoms in total. The first-order chi connectivity index (χ1) is 26.1. The lowest BCUT2D eigenvalue weighted by Gasteiger charge is -2.22. The van der Waals surface area contributed by atoms with Crippen molar-refractivity contribution in [1.82, 2.24) is 5.32 Å². The van der Waals surface area contributed by atoms with Crippen molar-refractivity contribution >= 4 is 53.0 Å². The van der Waals surface area contributed by atoms with Crippen LogP contribution in [-0.4, -0.2) is 99.0 Å². The number of phosphoric ester groups is 1. The van der Waals surface area contributed by atoms with Crippen LogP contribution in [0.3, 0.4) is 0 Å². The third-order valence-corrected chi connectivity index (χ3v) is 8.92. The van der Waals surface area contributed by atoms with E-state index < -0.39 is 18.8 Å². The highest BCUT2D eigenvalue weighted by molar-refractivity contribution is 7.47. The van der Waals surface area contributed by atoms with Gasteiger partial charge in [0.05, 0.1) is 53.8 Å². The fourth-order valence-corrected chi connectivity index (χ4v) is 6.06. The van der Waals surface area contributed by atoms with Crippen molar-refractivity contribution in [2.75, 3.05) is 71.3 Å². The second-order valence-electron chi connectivity index (χ2n) is 12.1. The van der Waals surface area contributed by atoms with Gasteiger partial charge in [-0.15, -0.1) is 5.11 Å². The summed E-state index contributed by atoms with van der Waals surface area (Å²) in [6, 6.07) is 17.7. The van der Waals surface area contributed by atoms with Gasteiger partial charge < -0.3 is 34.5 Å². The summed E-state index contributed by atoms with van der Waals surface area (Å²) in [6.07, 6.45) is 1.48. The maximum atomic E-state index is 12.2.